The van der Waals surface area contributed by atoms with Crippen LogP contribution in [-0.4, -0.2) is 48.1 Å². The lowest BCUT2D eigenvalue weighted by molar-refractivity contribution is 0.161. The smallest absolute Gasteiger partial charge is 0.191 e. The Bertz CT molecular complexity index is 518. The number of aromatic nitrogens is 1. The summed E-state index contributed by atoms with van der Waals surface area (Å²) in [5.41, 5.74) is 2.99. The van der Waals surface area contributed by atoms with Crippen LogP contribution in [0.5, 0.6) is 0 Å². The third-order valence-electron chi connectivity index (χ3n) is 4.93. The van der Waals surface area contributed by atoms with E-state index in [4.69, 9.17) is 4.99 Å². The molecule has 0 radical (unpaired) electrons. The number of guanidine groups is 1. The van der Waals surface area contributed by atoms with Crippen molar-refractivity contribution in [3.63, 3.8) is 0 Å². The normalized spacial score (nSPS) is 18.2. The second-order valence-electron chi connectivity index (χ2n) is 7.20. The average molecular weight is 366 g/mol. The molecule has 1 atom stereocenters. The van der Waals surface area contributed by atoms with Gasteiger partial charge in [0.2, 0.25) is 0 Å². The number of aliphatic imine (C=N–C) groups is 1. The number of nitrogens with zero attached hydrogens (tertiary/aromatic N) is 3. The van der Waals surface area contributed by atoms with E-state index in [1.165, 1.54) is 43.6 Å². The fourth-order valence-electron chi connectivity index (χ4n) is 3.39. The molecular weight excluding hydrogens is 330 g/mol. The maximum absolute atomic E-state index is 4.76. The first-order chi connectivity index (χ1) is 12.1. The largest absolute Gasteiger partial charge is 0.357 e. The van der Waals surface area contributed by atoms with Gasteiger partial charge in [-0.3, -0.25) is 4.90 Å². The molecule has 1 aromatic heterocycles. The molecule has 2 heterocycles. The van der Waals surface area contributed by atoms with Crippen LogP contribution in [0.1, 0.15) is 57.0 Å². The minimum Gasteiger partial charge on any atom is -0.357 e. The van der Waals surface area contributed by atoms with Gasteiger partial charge in [-0.1, -0.05) is 26.7 Å². The maximum atomic E-state index is 4.76. The summed E-state index contributed by atoms with van der Waals surface area (Å²) in [6.07, 6.45) is 5.43. The highest BCUT2D eigenvalue weighted by atomic mass is 32.1. The molecule has 0 aromatic carbocycles. The third-order valence-corrected chi connectivity index (χ3v) is 5.85. The van der Waals surface area contributed by atoms with Crippen LogP contribution < -0.4 is 10.6 Å². The summed E-state index contributed by atoms with van der Waals surface area (Å²) in [7, 11) is 0. The SMILES string of the molecule is CCNC(=NCc1scnc1C)NCC(C(C)C)N1CCCCCC1. The monoisotopic (exact) mass is 365 g/mol. The molecule has 1 aliphatic rings. The zero-order chi connectivity index (χ0) is 18.1. The Morgan fingerprint density at radius 3 is 2.52 bits per heavy atom. The van der Waals surface area contributed by atoms with Crippen molar-refractivity contribution in [1.82, 2.24) is 20.5 Å². The minimum absolute atomic E-state index is 0.562. The quantitative estimate of drug-likeness (QED) is 0.574. The third kappa shape index (κ3) is 6.59. The first-order valence-corrected chi connectivity index (χ1v) is 10.6. The highest BCUT2D eigenvalue weighted by molar-refractivity contribution is 7.09. The lowest BCUT2D eigenvalue weighted by Gasteiger charge is -2.34. The van der Waals surface area contributed by atoms with Crippen LogP contribution in [0.25, 0.3) is 0 Å². The highest BCUT2D eigenvalue weighted by Crippen LogP contribution is 2.17. The first-order valence-electron chi connectivity index (χ1n) is 9.77. The van der Waals surface area contributed by atoms with Crippen molar-refractivity contribution in [3.05, 3.63) is 16.1 Å². The molecule has 1 unspecified atom stereocenters. The summed E-state index contributed by atoms with van der Waals surface area (Å²) >= 11 is 1.68. The number of aryl methyl sites for hydroxylation is 1. The van der Waals surface area contributed by atoms with Crippen molar-refractivity contribution in [2.24, 2.45) is 10.9 Å². The van der Waals surface area contributed by atoms with Gasteiger partial charge in [0.25, 0.3) is 0 Å². The van der Waals surface area contributed by atoms with E-state index in [1.54, 1.807) is 11.3 Å². The van der Waals surface area contributed by atoms with Gasteiger partial charge in [-0.05, 0) is 45.7 Å². The number of likely N-dealkylation sites (tertiary alicyclic amines) is 1. The molecule has 0 amide bonds. The van der Waals surface area contributed by atoms with E-state index in [0.29, 0.717) is 18.5 Å². The Morgan fingerprint density at radius 1 is 1.24 bits per heavy atom. The fraction of sp³-hybridized carbons (Fsp3) is 0.789. The standard InChI is InChI=1S/C19H35N5S/c1-5-20-19(22-13-18-16(4)23-14-25-18)21-12-17(15(2)3)24-10-8-6-7-9-11-24/h14-15,17H,5-13H2,1-4H3,(H2,20,21,22). The van der Waals surface area contributed by atoms with Crippen molar-refractivity contribution in [3.8, 4) is 0 Å². The molecule has 2 N–H and O–H groups in total. The molecule has 1 aromatic rings. The van der Waals surface area contributed by atoms with Gasteiger partial charge in [-0.2, -0.15) is 0 Å². The predicted octanol–water partition coefficient (Wildman–Crippen LogP) is 3.41. The number of rotatable bonds is 7. The van der Waals surface area contributed by atoms with Crippen LogP contribution in [0.4, 0.5) is 0 Å². The lowest BCUT2D eigenvalue weighted by atomic mass is 10.0. The van der Waals surface area contributed by atoms with Crippen molar-refractivity contribution in [2.75, 3.05) is 26.2 Å². The summed E-state index contributed by atoms with van der Waals surface area (Å²) < 4.78 is 0. The topological polar surface area (TPSA) is 52.6 Å². The molecule has 25 heavy (non-hydrogen) atoms. The molecule has 1 fully saturated rings. The van der Waals surface area contributed by atoms with E-state index < -0.39 is 0 Å². The number of thiazole rings is 1. The lowest BCUT2D eigenvalue weighted by Crippen LogP contribution is -2.49. The number of hydrogen-bond donors (Lipinski definition) is 2. The summed E-state index contributed by atoms with van der Waals surface area (Å²) in [6, 6.07) is 0.562. The minimum atomic E-state index is 0.562. The second-order valence-corrected chi connectivity index (χ2v) is 8.14. The summed E-state index contributed by atoms with van der Waals surface area (Å²) in [5, 5.41) is 6.96. The van der Waals surface area contributed by atoms with Crippen LogP contribution in [0.2, 0.25) is 0 Å². The van der Waals surface area contributed by atoms with E-state index in [9.17, 15) is 0 Å². The Labute approximate surface area is 157 Å². The van der Waals surface area contributed by atoms with Gasteiger partial charge in [0, 0.05) is 24.0 Å². The van der Waals surface area contributed by atoms with Gasteiger partial charge in [-0.25, -0.2) is 9.98 Å². The average Bonchev–Trinajstić information content (AvgIpc) is 2.83. The highest BCUT2D eigenvalue weighted by Gasteiger charge is 2.22. The van der Waals surface area contributed by atoms with Crippen LogP contribution in [0, 0.1) is 12.8 Å². The predicted molar refractivity (Wildman–Crippen MR) is 108 cm³/mol. The summed E-state index contributed by atoms with van der Waals surface area (Å²) in [5.74, 6) is 1.55. The summed E-state index contributed by atoms with van der Waals surface area (Å²) in [6.45, 7) is 13.8. The van der Waals surface area contributed by atoms with Gasteiger partial charge < -0.3 is 10.6 Å². The van der Waals surface area contributed by atoms with E-state index in [-0.39, 0.29) is 0 Å². The van der Waals surface area contributed by atoms with Crippen molar-refractivity contribution in [2.45, 2.75) is 66.0 Å². The van der Waals surface area contributed by atoms with Crippen LogP contribution >= 0.6 is 11.3 Å². The van der Waals surface area contributed by atoms with Crippen LogP contribution in [0.3, 0.4) is 0 Å². The zero-order valence-corrected chi connectivity index (χ0v) is 17.2. The van der Waals surface area contributed by atoms with E-state index in [0.717, 1.165) is 24.7 Å². The molecule has 0 aliphatic carbocycles. The van der Waals surface area contributed by atoms with Gasteiger partial charge >= 0.3 is 0 Å². The molecule has 142 valence electrons. The fourth-order valence-corrected chi connectivity index (χ4v) is 4.09. The van der Waals surface area contributed by atoms with E-state index in [2.05, 4.69) is 48.2 Å². The first kappa shape index (κ1) is 20.2. The molecule has 5 nitrogen and oxygen atoms in total. The van der Waals surface area contributed by atoms with Crippen molar-refractivity contribution in [1.29, 1.82) is 0 Å². The van der Waals surface area contributed by atoms with Gasteiger partial charge in [0.15, 0.2) is 5.96 Å². The number of nitrogens with one attached hydrogen (secondary N) is 2. The van der Waals surface area contributed by atoms with Crippen LogP contribution in [-0.2, 0) is 6.54 Å². The van der Waals surface area contributed by atoms with Gasteiger partial charge in [0.1, 0.15) is 0 Å². The Hall–Kier alpha value is -1.14. The van der Waals surface area contributed by atoms with Crippen molar-refractivity contribution < 1.29 is 0 Å². The molecule has 0 spiro atoms. The molecule has 0 saturated carbocycles. The van der Waals surface area contributed by atoms with Gasteiger partial charge in [-0.15, -0.1) is 11.3 Å². The molecule has 6 heteroatoms. The van der Waals surface area contributed by atoms with E-state index in [1.807, 2.05) is 5.51 Å². The molecule has 1 aliphatic heterocycles. The molecule has 2 rings (SSSR count). The number of hydrogen-bond acceptors (Lipinski definition) is 4. The second kappa shape index (κ2) is 10.8. The summed E-state index contributed by atoms with van der Waals surface area (Å²) in [4.78, 5) is 13.0. The van der Waals surface area contributed by atoms with Gasteiger partial charge in [0.05, 0.1) is 17.7 Å². The molecular formula is C19H35N5S. The molecule has 1 saturated heterocycles. The zero-order valence-electron chi connectivity index (χ0n) is 16.3. The Kier molecular flexibility index (Phi) is 8.68. The van der Waals surface area contributed by atoms with E-state index >= 15 is 0 Å². The Morgan fingerprint density at radius 2 is 1.96 bits per heavy atom. The van der Waals surface area contributed by atoms with Crippen LogP contribution in [0.15, 0.2) is 10.5 Å². The molecule has 0 bridgehead atoms. The Balaban J connectivity index is 1.95. The maximum Gasteiger partial charge on any atom is 0.191 e. The van der Waals surface area contributed by atoms with Crippen molar-refractivity contribution >= 4 is 17.3 Å².